The molecule has 0 bridgehead atoms. The van der Waals surface area contributed by atoms with Crippen molar-refractivity contribution in [2.75, 3.05) is 27.4 Å². The molecule has 1 unspecified atom stereocenters. The molecule has 2 aromatic rings. The molecule has 0 radical (unpaired) electrons. The van der Waals surface area contributed by atoms with Gasteiger partial charge in [-0.3, -0.25) is 4.79 Å². The monoisotopic (exact) mass is 397 g/mol. The zero-order valence-electron chi connectivity index (χ0n) is 17.2. The number of ether oxygens (including phenoxy) is 4. The van der Waals surface area contributed by atoms with Crippen molar-refractivity contribution in [1.29, 1.82) is 0 Å². The molecule has 0 saturated carbocycles. The number of benzene rings is 2. The van der Waals surface area contributed by atoms with Crippen molar-refractivity contribution >= 4 is 12.0 Å². The largest absolute Gasteiger partial charge is 0.497 e. The number of carbonyl (C=O) groups excluding carboxylic acids is 1. The summed E-state index contributed by atoms with van der Waals surface area (Å²) in [4.78, 5) is 12.6. The lowest BCUT2D eigenvalue weighted by molar-refractivity contribution is -0.117. The van der Waals surface area contributed by atoms with Crippen LogP contribution in [0.4, 0.5) is 0 Å². The average molecular weight is 397 g/mol. The van der Waals surface area contributed by atoms with Crippen LogP contribution >= 0.6 is 0 Å². The first kappa shape index (κ1) is 20.6. The van der Waals surface area contributed by atoms with Crippen LogP contribution in [0, 0.1) is 5.92 Å². The molecular formula is C23H27NO5. The van der Waals surface area contributed by atoms with Gasteiger partial charge in [-0.1, -0.05) is 19.9 Å². The average Bonchev–Trinajstić information content (AvgIpc) is 2.75. The van der Waals surface area contributed by atoms with Crippen LogP contribution in [-0.2, 0) is 4.79 Å². The fraction of sp³-hybridized carbons (Fsp3) is 0.348. The molecular weight excluding hydrogens is 370 g/mol. The molecule has 1 atom stereocenters. The van der Waals surface area contributed by atoms with Gasteiger partial charge < -0.3 is 24.3 Å². The van der Waals surface area contributed by atoms with Crippen LogP contribution in [0.2, 0.25) is 0 Å². The predicted octanol–water partition coefficient (Wildman–Crippen LogP) is 4.00. The van der Waals surface area contributed by atoms with Crippen LogP contribution in [0.3, 0.4) is 0 Å². The fourth-order valence-corrected chi connectivity index (χ4v) is 3.22. The highest BCUT2D eigenvalue weighted by Gasteiger charge is 2.20. The van der Waals surface area contributed by atoms with E-state index in [1.165, 1.54) is 6.08 Å². The standard InChI is InChI=1S/C23H27NO5/c1-15(2)23(17-5-8-20-21(14-17)29-12-11-28-20)24-22(25)10-6-16-13-18(26-3)7-9-19(16)27-4/h5-10,13-15,23H,11-12H2,1-4H3,(H,24,25). The second-order valence-electron chi connectivity index (χ2n) is 7.07. The molecule has 2 aromatic carbocycles. The zero-order chi connectivity index (χ0) is 20.8. The SMILES string of the molecule is COc1ccc(OC)c(C=CC(=O)NC(c2ccc3c(c2)OCCO3)C(C)C)c1. The molecule has 1 amide bonds. The minimum atomic E-state index is -0.191. The van der Waals surface area contributed by atoms with Crippen LogP contribution in [0.5, 0.6) is 23.0 Å². The lowest BCUT2D eigenvalue weighted by Gasteiger charge is -2.25. The van der Waals surface area contributed by atoms with Gasteiger partial charge in [-0.15, -0.1) is 0 Å². The van der Waals surface area contributed by atoms with Crippen molar-refractivity contribution in [2.24, 2.45) is 5.92 Å². The molecule has 3 rings (SSSR count). The number of methoxy groups -OCH3 is 2. The van der Waals surface area contributed by atoms with Gasteiger partial charge >= 0.3 is 0 Å². The minimum absolute atomic E-state index is 0.157. The van der Waals surface area contributed by atoms with Crippen LogP contribution in [0.25, 0.3) is 6.08 Å². The van der Waals surface area contributed by atoms with E-state index in [-0.39, 0.29) is 17.9 Å². The smallest absolute Gasteiger partial charge is 0.244 e. The molecule has 6 heteroatoms. The van der Waals surface area contributed by atoms with Crippen molar-refractivity contribution in [1.82, 2.24) is 5.32 Å². The Hall–Kier alpha value is -3.15. The minimum Gasteiger partial charge on any atom is -0.497 e. The molecule has 0 fully saturated rings. The fourth-order valence-electron chi connectivity index (χ4n) is 3.22. The maximum absolute atomic E-state index is 12.6. The van der Waals surface area contributed by atoms with E-state index in [1.54, 1.807) is 20.3 Å². The van der Waals surface area contributed by atoms with Gasteiger partial charge in [-0.25, -0.2) is 0 Å². The molecule has 0 spiro atoms. The quantitative estimate of drug-likeness (QED) is 0.716. The maximum Gasteiger partial charge on any atom is 0.244 e. The molecule has 1 aliphatic heterocycles. The Bertz CT molecular complexity index is 891. The van der Waals surface area contributed by atoms with Gasteiger partial charge in [0, 0.05) is 11.6 Å². The summed E-state index contributed by atoms with van der Waals surface area (Å²) >= 11 is 0. The molecule has 6 nitrogen and oxygen atoms in total. The highest BCUT2D eigenvalue weighted by Crippen LogP contribution is 2.34. The van der Waals surface area contributed by atoms with Crippen LogP contribution < -0.4 is 24.3 Å². The van der Waals surface area contributed by atoms with Gasteiger partial charge in [0.1, 0.15) is 24.7 Å². The van der Waals surface area contributed by atoms with E-state index < -0.39 is 0 Å². The third-order valence-electron chi connectivity index (χ3n) is 4.74. The summed E-state index contributed by atoms with van der Waals surface area (Å²) < 4.78 is 21.9. The summed E-state index contributed by atoms with van der Waals surface area (Å²) in [5.41, 5.74) is 1.74. The first-order valence-electron chi connectivity index (χ1n) is 9.62. The molecule has 154 valence electrons. The number of fused-ring (bicyclic) bond motifs is 1. The molecule has 1 aliphatic rings. The number of rotatable bonds is 7. The van der Waals surface area contributed by atoms with Gasteiger partial charge in [-0.05, 0) is 47.9 Å². The first-order valence-corrected chi connectivity index (χ1v) is 9.62. The number of hydrogen-bond donors (Lipinski definition) is 1. The molecule has 29 heavy (non-hydrogen) atoms. The number of nitrogens with one attached hydrogen (secondary N) is 1. The van der Waals surface area contributed by atoms with E-state index in [4.69, 9.17) is 18.9 Å². The maximum atomic E-state index is 12.6. The third kappa shape index (κ3) is 5.02. The summed E-state index contributed by atoms with van der Waals surface area (Å²) in [6, 6.07) is 11.1. The molecule has 0 aliphatic carbocycles. The van der Waals surface area contributed by atoms with Gasteiger partial charge in [-0.2, -0.15) is 0 Å². The van der Waals surface area contributed by atoms with Crippen molar-refractivity contribution in [3.63, 3.8) is 0 Å². The molecule has 0 aromatic heterocycles. The predicted molar refractivity (Wildman–Crippen MR) is 112 cm³/mol. The van der Waals surface area contributed by atoms with Gasteiger partial charge in [0.2, 0.25) is 5.91 Å². The first-order chi connectivity index (χ1) is 14.0. The van der Waals surface area contributed by atoms with Crippen molar-refractivity contribution < 1.29 is 23.7 Å². The van der Waals surface area contributed by atoms with E-state index in [0.717, 1.165) is 16.9 Å². The van der Waals surface area contributed by atoms with E-state index in [2.05, 4.69) is 19.2 Å². The summed E-state index contributed by atoms with van der Waals surface area (Å²) in [6.07, 6.45) is 3.22. The lowest BCUT2D eigenvalue weighted by atomic mass is 9.95. The zero-order valence-corrected chi connectivity index (χ0v) is 17.2. The Morgan fingerprint density at radius 1 is 1.03 bits per heavy atom. The van der Waals surface area contributed by atoms with Crippen LogP contribution in [0.1, 0.15) is 31.0 Å². The summed E-state index contributed by atoms with van der Waals surface area (Å²) in [7, 11) is 3.19. The van der Waals surface area contributed by atoms with E-state index in [0.29, 0.717) is 30.5 Å². The van der Waals surface area contributed by atoms with Crippen molar-refractivity contribution in [3.05, 3.63) is 53.6 Å². The Morgan fingerprint density at radius 3 is 2.48 bits per heavy atom. The van der Waals surface area contributed by atoms with E-state index in [1.807, 2.05) is 36.4 Å². The lowest BCUT2D eigenvalue weighted by Crippen LogP contribution is -2.30. The second-order valence-corrected chi connectivity index (χ2v) is 7.07. The van der Waals surface area contributed by atoms with E-state index in [9.17, 15) is 4.79 Å². The van der Waals surface area contributed by atoms with Crippen molar-refractivity contribution in [3.8, 4) is 23.0 Å². The normalized spacial score (nSPS) is 14.0. The molecule has 1 heterocycles. The van der Waals surface area contributed by atoms with Crippen molar-refractivity contribution in [2.45, 2.75) is 19.9 Å². The number of carbonyl (C=O) groups is 1. The third-order valence-corrected chi connectivity index (χ3v) is 4.74. The van der Waals surface area contributed by atoms with Gasteiger partial charge in [0.25, 0.3) is 0 Å². The second kappa shape index (κ2) is 9.37. The Labute approximate surface area is 171 Å². The van der Waals surface area contributed by atoms with Crippen LogP contribution in [0.15, 0.2) is 42.5 Å². The molecule has 1 N–H and O–H groups in total. The Kier molecular flexibility index (Phi) is 6.65. The number of amides is 1. The van der Waals surface area contributed by atoms with Gasteiger partial charge in [0.05, 0.1) is 20.3 Å². The van der Waals surface area contributed by atoms with Crippen LogP contribution in [-0.4, -0.2) is 33.3 Å². The Morgan fingerprint density at radius 2 is 1.79 bits per heavy atom. The number of hydrogen-bond acceptors (Lipinski definition) is 5. The summed E-state index contributed by atoms with van der Waals surface area (Å²) in [5.74, 6) is 2.82. The summed E-state index contributed by atoms with van der Waals surface area (Å²) in [6.45, 7) is 5.21. The summed E-state index contributed by atoms with van der Waals surface area (Å²) in [5, 5.41) is 3.08. The molecule has 0 saturated heterocycles. The Balaban J connectivity index is 1.76. The highest BCUT2D eigenvalue weighted by molar-refractivity contribution is 5.92. The van der Waals surface area contributed by atoms with Gasteiger partial charge in [0.15, 0.2) is 11.5 Å². The highest BCUT2D eigenvalue weighted by atomic mass is 16.6. The topological polar surface area (TPSA) is 66.0 Å². The van der Waals surface area contributed by atoms with E-state index >= 15 is 0 Å².